The number of aryl methyl sites for hydroxylation is 2. The van der Waals surface area contributed by atoms with Gasteiger partial charge in [0.2, 0.25) is 0 Å². The quantitative estimate of drug-likeness (QED) is 0.774. The zero-order valence-electron chi connectivity index (χ0n) is 15.3. The standard InChI is InChI=1S/C20H25N3O2S/c1-22-18(14-4-2-3-5-16(14)21-22)19(24)23-10-8-20(9-11-23)15-7-13-26-17(15)6-12-25-20/h7,13H,2-6,8-12H2,1H3. The third-order valence-corrected chi connectivity index (χ3v) is 7.30. The van der Waals surface area contributed by atoms with Gasteiger partial charge in [0.05, 0.1) is 17.9 Å². The van der Waals surface area contributed by atoms with Gasteiger partial charge in [0, 0.05) is 37.0 Å². The minimum absolute atomic E-state index is 0.152. The van der Waals surface area contributed by atoms with E-state index in [-0.39, 0.29) is 11.5 Å². The first kappa shape index (κ1) is 16.5. The van der Waals surface area contributed by atoms with E-state index in [4.69, 9.17) is 4.74 Å². The summed E-state index contributed by atoms with van der Waals surface area (Å²) in [4.78, 5) is 16.7. The van der Waals surface area contributed by atoms with Crippen molar-refractivity contribution >= 4 is 17.2 Å². The second-order valence-corrected chi connectivity index (χ2v) is 8.75. The molecule has 0 atom stereocenters. The van der Waals surface area contributed by atoms with E-state index in [2.05, 4.69) is 16.5 Å². The van der Waals surface area contributed by atoms with Crippen LogP contribution >= 0.6 is 11.3 Å². The van der Waals surface area contributed by atoms with Crippen LogP contribution in [-0.2, 0) is 36.6 Å². The Morgan fingerprint density at radius 2 is 2.04 bits per heavy atom. The summed E-state index contributed by atoms with van der Waals surface area (Å²) in [5, 5.41) is 6.80. The molecule has 1 aliphatic carbocycles. The highest BCUT2D eigenvalue weighted by Crippen LogP contribution is 2.43. The third-order valence-electron chi connectivity index (χ3n) is 6.32. The predicted molar refractivity (Wildman–Crippen MR) is 101 cm³/mol. The molecule has 0 bridgehead atoms. The van der Waals surface area contributed by atoms with Gasteiger partial charge in [-0.25, -0.2) is 0 Å². The molecule has 138 valence electrons. The van der Waals surface area contributed by atoms with Crippen molar-refractivity contribution in [2.45, 2.75) is 50.5 Å². The van der Waals surface area contributed by atoms with Crippen LogP contribution in [0.25, 0.3) is 0 Å². The molecule has 5 rings (SSSR count). The molecule has 3 aliphatic rings. The molecular weight excluding hydrogens is 346 g/mol. The number of likely N-dealkylation sites (tertiary alicyclic amines) is 1. The number of rotatable bonds is 1. The average Bonchev–Trinajstić information content (AvgIpc) is 3.26. The Morgan fingerprint density at radius 1 is 1.23 bits per heavy atom. The number of nitrogens with zero attached hydrogens (tertiary/aromatic N) is 3. The molecule has 2 aliphatic heterocycles. The maximum atomic E-state index is 13.2. The van der Waals surface area contributed by atoms with E-state index in [0.717, 1.165) is 69.6 Å². The van der Waals surface area contributed by atoms with Gasteiger partial charge in [-0.15, -0.1) is 11.3 Å². The first-order chi connectivity index (χ1) is 12.7. The lowest BCUT2D eigenvalue weighted by Crippen LogP contribution is -2.48. The number of carbonyl (C=O) groups is 1. The van der Waals surface area contributed by atoms with Gasteiger partial charge >= 0.3 is 0 Å². The Labute approximate surface area is 157 Å². The molecule has 1 fully saturated rings. The fourth-order valence-corrected chi connectivity index (χ4v) is 5.89. The summed E-state index contributed by atoms with van der Waals surface area (Å²) in [5.41, 5.74) is 4.35. The summed E-state index contributed by atoms with van der Waals surface area (Å²) in [6.07, 6.45) is 7.16. The third kappa shape index (κ3) is 2.46. The highest BCUT2D eigenvalue weighted by atomic mass is 32.1. The Balaban J connectivity index is 1.37. The van der Waals surface area contributed by atoms with Gasteiger partial charge in [0.1, 0.15) is 5.69 Å². The number of aromatic nitrogens is 2. The zero-order chi connectivity index (χ0) is 17.7. The summed E-state index contributed by atoms with van der Waals surface area (Å²) >= 11 is 1.84. The van der Waals surface area contributed by atoms with Crippen LogP contribution in [0.3, 0.4) is 0 Å². The maximum absolute atomic E-state index is 13.2. The number of thiophene rings is 1. The van der Waals surface area contributed by atoms with Crippen LogP contribution in [0.2, 0.25) is 0 Å². The van der Waals surface area contributed by atoms with Crippen LogP contribution in [0, 0.1) is 0 Å². The van der Waals surface area contributed by atoms with Crippen LogP contribution in [0.5, 0.6) is 0 Å². The van der Waals surface area contributed by atoms with Crippen LogP contribution in [0.4, 0.5) is 0 Å². The molecule has 1 saturated heterocycles. The molecule has 5 nitrogen and oxygen atoms in total. The van der Waals surface area contributed by atoms with Crippen molar-refractivity contribution in [2.75, 3.05) is 19.7 Å². The fourth-order valence-electron chi connectivity index (χ4n) is 4.94. The molecule has 6 heteroatoms. The number of hydrogen-bond donors (Lipinski definition) is 0. The van der Waals surface area contributed by atoms with E-state index >= 15 is 0 Å². The number of hydrogen-bond acceptors (Lipinski definition) is 4. The lowest BCUT2D eigenvalue weighted by molar-refractivity contribution is -0.0927. The maximum Gasteiger partial charge on any atom is 0.272 e. The van der Waals surface area contributed by atoms with Gasteiger partial charge in [-0.05, 0) is 55.5 Å². The average molecular weight is 372 g/mol. The molecule has 26 heavy (non-hydrogen) atoms. The molecule has 0 saturated carbocycles. The van der Waals surface area contributed by atoms with E-state index in [9.17, 15) is 4.79 Å². The summed E-state index contributed by atoms with van der Waals surface area (Å²) in [6.45, 7) is 2.32. The summed E-state index contributed by atoms with van der Waals surface area (Å²) in [6, 6.07) is 2.23. The fraction of sp³-hybridized carbons (Fsp3) is 0.600. The van der Waals surface area contributed by atoms with Gasteiger partial charge in [-0.3, -0.25) is 9.48 Å². The Kier molecular flexibility index (Phi) is 3.94. The molecule has 1 amide bonds. The van der Waals surface area contributed by atoms with Gasteiger partial charge < -0.3 is 9.64 Å². The van der Waals surface area contributed by atoms with E-state index in [1.54, 1.807) is 0 Å². The molecule has 0 N–H and O–H groups in total. The molecule has 0 radical (unpaired) electrons. The van der Waals surface area contributed by atoms with E-state index in [1.165, 1.54) is 22.4 Å². The van der Waals surface area contributed by atoms with Crippen molar-refractivity contribution in [1.82, 2.24) is 14.7 Å². The van der Waals surface area contributed by atoms with Gasteiger partial charge in [-0.1, -0.05) is 0 Å². The molecule has 4 heterocycles. The smallest absolute Gasteiger partial charge is 0.272 e. The second-order valence-electron chi connectivity index (χ2n) is 7.75. The summed E-state index contributed by atoms with van der Waals surface area (Å²) in [5.74, 6) is 0.152. The first-order valence-electron chi connectivity index (χ1n) is 9.73. The van der Waals surface area contributed by atoms with Crippen LogP contribution in [-0.4, -0.2) is 40.3 Å². The minimum atomic E-state index is -0.170. The normalized spacial score (nSPS) is 21.5. The number of amides is 1. The molecule has 0 aromatic carbocycles. The minimum Gasteiger partial charge on any atom is -0.370 e. The number of fused-ring (bicyclic) bond motifs is 3. The Bertz CT molecular complexity index is 845. The van der Waals surface area contributed by atoms with Crippen molar-refractivity contribution in [3.63, 3.8) is 0 Å². The molecule has 1 spiro atoms. The lowest BCUT2D eigenvalue weighted by atomic mass is 9.82. The van der Waals surface area contributed by atoms with Crippen LogP contribution in [0.15, 0.2) is 11.4 Å². The van der Waals surface area contributed by atoms with Crippen LogP contribution < -0.4 is 0 Å². The SMILES string of the molecule is Cn1nc2c(c1C(=O)N1CCC3(CC1)OCCc1sccc13)CCCC2. The molecule has 2 aromatic rings. The second kappa shape index (κ2) is 6.20. The van der Waals surface area contributed by atoms with Crippen molar-refractivity contribution in [2.24, 2.45) is 7.05 Å². The monoisotopic (exact) mass is 371 g/mol. The largest absolute Gasteiger partial charge is 0.370 e. The number of carbonyl (C=O) groups excluding carboxylic acids is 1. The summed E-state index contributed by atoms with van der Waals surface area (Å²) < 4.78 is 8.09. The highest BCUT2D eigenvalue weighted by Gasteiger charge is 2.42. The van der Waals surface area contributed by atoms with Gasteiger partial charge in [0.15, 0.2) is 0 Å². The van der Waals surface area contributed by atoms with Crippen molar-refractivity contribution in [1.29, 1.82) is 0 Å². The molecule has 2 aromatic heterocycles. The van der Waals surface area contributed by atoms with E-state index < -0.39 is 0 Å². The van der Waals surface area contributed by atoms with E-state index in [1.807, 2.05) is 28.0 Å². The molecule has 0 unspecified atom stereocenters. The predicted octanol–water partition coefficient (Wildman–Crippen LogP) is 3.06. The number of ether oxygens (including phenoxy) is 1. The topological polar surface area (TPSA) is 47.4 Å². The van der Waals surface area contributed by atoms with Crippen molar-refractivity contribution in [3.05, 3.63) is 38.8 Å². The summed E-state index contributed by atoms with van der Waals surface area (Å²) in [7, 11) is 1.92. The van der Waals surface area contributed by atoms with Crippen LogP contribution in [0.1, 0.15) is 57.9 Å². The van der Waals surface area contributed by atoms with Crippen molar-refractivity contribution in [3.8, 4) is 0 Å². The number of piperidine rings is 1. The first-order valence-corrected chi connectivity index (χ1v) is 10.6. The molecular formula is C20H25N3O2S. The van der Waals surface area contributed by atoms with Gasteiger partial charge in [0.25, 0.3) is 5.91 Å². The Morgan fingerprint density at radius 3 is 2.88 bits per heavy atom. The lowest BCUT2D eigenvalue weighted by Gasteiger charge is -2.44. The van der Waals surface area contributed by atoms with Gasteiger partial charge in [-0.2, -0.15) is 5.10 Å². The zero-order valence-corrected chi connectivity index (χ0v) is 16.1. The highest BCUT2D eigenvalue weighted by molar-refractivity contribution is 7.10. The van der Waals surface area contributed by atoms with E-state index in [0.29, 0.717) is 0 Å². The Hall–Kier alpha value is -1.66. The van der Waals surface area contributed by atoms with Crippen molar-refractivity contribution < 1.29 is 9.53 Å².